The molecule has 2 atom stereocenters. The molecule has 6 heteroatoms. The highest BCUT2D eigenvalue weighted by molar-refractivity contribution is 7.09. The Balaban J connectivity index is 1.39. The van der Waals surface area contributed by atoms with Crippen LogP contribution >= 0.6 is 11.3 Å². The van der Waals surface area contributed by atoms with Crippen molar-refractivity contribution in [3.8, 4) is 11.1 Å². The van der Waals surface area contributed by atoms with Crippen molar-refractivity contribution >= 4 is 23.2 Å². The summed E-state index contributed by atoms with van der Waals surface area (Å²) in [5.41, 5.74) is 3.15. The molecule has 0 bridgehead atoms. The summed E-state index contributed by atoms with van der Waals surface area (Å²) in [5.74, 6) is 0.0557. The second kappa shape index (κ2) is 9.43. The van der Waals surface area contributed by atoms with Crippen LogP contribution in [0.25, 0.3) is 11.1 Å². The topological polar surface area (TPSA) is 71.1 Å². The molecule has 1 aliphatic heterocycles. The Morgan fingerprint density at radius 2 is 1.90 bits per heavy atom. The summed E-state index contributed by atoms with van der Waals surface area (Å²) in [7, 11) is 0. The number of rotatable bonds is 8. The van der Waals surface area contributed by atoms with E-state index in [1.807, 2.05) is 30.5 Å². The van der Waals surface area contributed by atoms with E-state index in [1.54, 1.807) is 6.20 Å². The minimum atomic E-state index is -0.368. The first kappa shape index (κ1) is 21.2. The van der Waals surface area contributed by atoms with Gasteiger partial charge >= 0.3 is 0 Å². The molecule has 2 heterocycles. The van der Waals surface area contributed by atoms with Gasteiger partial charge in [-0.2, -0.15) is 0 Å². The van der Waals surface area contributed by atoms with Gasteiger partial charge in [0.2, 0.25) is 11.8 Å². The van der Waals surface area contributed by atoms with E-state index in [4.69, 9.17) is 0 Å². The molecule has 2 aromatic carbocycles. The van der Waals surface area contributed by atoms with Crippen LogP contribution in [-0.2, 0) is 16.0 Å². The van der Waals surface area contributed by atoms with Gasteiger partial charge in [0.05, 0.1) is 6.04 Å². The number of amides is 2. The van der Waals surface area contributed by atoms with E-state index >= 15 is 0 Å². The van der Waals surface area contributed by atoms with Crippen LogP contribution in [-0.4, -0.2) is 22.3 Å². The van der Waals surface area contributed by atoms with Crippen LogP contribution in [0.2, 0.25) is 0 Å². The third-order valence-electron chi connectivity index (χ3n) is 5.87. The zero-order valence-electron chi connectivity index (χ0n) is 17.6. The largest absolute Gasteiger partial charge is 0.350 e. The summed E-state index contributed by atoms with van der Waals surface area (Å²) in [6, 6.07) is 18.7. The van der Waals surface area contributed by atoms with Crippen LogP contribution in [0, 0.1) is 0 Å². The molecule has 4 rings (SSSR count). The highest BCUT2D eigenvalue weighted by atomic mass is 32.1. The highest BCUT2D eigenvalue weighted by Gasteiger charge is 2.37. The molecule has 0 aliphatic carbocycles. The molecule has 1 saturated heterocycles. The number of hydrogen-bond acceptors (Lipinski definition) is 4. The van der Waals surface area contributed by atoms with Gasteiger partial charge in [0, 0.05) is 30.0 Å². The lowest BCUT2D eigenvalue weighted by atomic mass is 9.84. The molecular weight excluding hydrogens is 406 g/mol. The number of nitrogens with zero attached hydrogens (tertiary/aromatic N) is 1. The van der Waals surface area contributed by atoms with Crippen molar-refractivity contribution in [3.05, 3.63) is 76.7 Å². The monoisotopic (exact) mass is 433 g/mol. The molecule has 1 aromatic heterocycles. The van der Waals surface area contributed by atoms with Gasteiger partial charge in [-0.25, -0.2) is 4.98 Å². The first-order valence-electron chi connectivity index (χ1n) is 10.7. The van der Waals surface area contributed by atoms with Crippen molar-refractivity contribution in [3.63, 3.8) is 0 Å². The number of thiazole rings is 1. The van der Waals surface area contributed by atoms with E-state index in [9.17, 15) is 9.59 Å². The molecule has 0 spiro atoms. The van der Waals surface area contributed by atoms with Crippen LogP contribution in [0.1, 0.15) is 49.2 Å². The van der Waals surface area contributed by atoms with Gasteiger partial charge in [0.15, 0.2) is 0 Å². The van der Waals surface area contributed by atoms with Gasteiger partial charge in [-0.1, -0.05) is 54.6 Å². The number of hydrogen-bond donors (Lipinski definition) is 2. The Bertz CT molecular complexity index is 1020. The molecule has 31 heavy (non-hydrogen) atoms. The quantitative estimate of drug-likeness (QED) is 0.543. The fourth-order valence-electron chi connectivity index (χ4n) is 4.19. The van der Waals surface area contributed by atoms with Crippen molar-refractivity contribution in [2.75, 3.05) is 0 Å². The maximum atomic E-state index is 12.5. The standard InChI is InChI=1S/C25H27N3O2S/c1-18(24-26-15-16-31-24)27-22(29)11-13-25(14-12-23(30)28-25)17-19-7-9-21(10-8-19)20-5-3-2-4-6-20/h2-10,15-16,18H,11-14,17H2,1H3,(H,27,29)(H,28,30)/t18-,25-/m0/s1. The Morgan fingerprint density at radius 1 is 1.16 bits per heavy atom. The number of benzene rings is 2. The van der Waals surface area contributed by atoms with Crippen LogP contribution in [0.5, 0.6) is 0 Å². The van der Waals surface area contributed by atoms with E-state index < -0.39 is 0 Å². The van der Waals surface area contributed by atoms with Crippen LogP contribution in [0.3, 0.4) is 0 Å². The first-order chi connectivity index (χ1) is 15.0. The zero-order chi connectivity index (χ0) is 21.7. The summed E-state index contributed by atoms with van der Waals surface area (Å²) < 4.78 is 0. The predicted molar refractivity (Wildman–Crippen MR) is 124 cm³/mol. The summed E-state index contributed by atoms with van der Waals surface area (Å²) in [6.07, 6.45) is 4.73. The highest BCUT2D eigenvalue weighted by Crippen LogP contribution is 2.30. The van der Waals surface area contributed by atoms with E-state index in [0.29, 0.717) is 19.3 Å². The van der Waals surface area contributed by atoms with Crippen molar-refractivity contribution in [2.45, 2.75) is 50.6 Å². The Hall–Kier alpha value is -2.99. The van der Waals surface area contributed by atoms with E-state index in [0.717, 1.165) is 17.8 Å². The smallest absolute Gasteiger partial charge is 0.220 e. The van der Waals surface area contributed by atoms with Gasteiger partial charge in [-0.15, -0.1) is 11.3 Å². The lowest BCUT2D eigenvalue weighted by Gasteiger charge is -2.29. The number of carbonyl (C=O) groups excluding carboxylic acids is 2. The Kier molecular flexibility index (Phi) is 6.47. The van der Waals surface area contributed by atoms with Gasteiger partial charge in [0.1, 0.15) is 5.01 Å². The van der Waals surface area contributed by atoms with Crippen molar-refractivity contribution in [1.82, 2.24) is 15.6 Å². The molecule has 5 nitrogen and oxygen atoms in total. The van der Waals surface area contributed by atoms with E-state index in [2.05, 4.69) is 52.0 Å². The third-order valence-corrected chi connectivity index (χ3v) is 6.83. The molecule has 0 saturated carbocycles. The lowest BCUT2D eigenvalue weighted by Crippen LogP contribution is -2.44. The van der Waals surface area contributed by atoms with E-state index in [-0.39, 0.29) is 23.4 Å². The first-order valence-corrected chi connectivity index (χ1v) is 11.6. The fraction of sp³-hybridized carbons (Fsp3) is 0.320. The second-order valence-electron chi connectivity index (χ2n) is 8.23. The minimum absolute atomic E-state index is 0.0114. The molecule has 1 fully saturated rings. The molecule has 0 radical (unpaired) electrons. The van der Waals surface area contributed by atoms with Gasteiger partial charge in [-0.05, 0) is 42.9 Å². The molecule has 1 aliphatic rings. The molecule has 2 amide bonds. The SMILES string of the molecule is C[C@H](NC(=O)CC[C@@]1(Cc2ccc(-c3ccccc3)cc2)CCC(=O)N1)c1nccs1. The minimum Gasteiger partial charge on any atom is -0.350 e. The average molecular weight is 434 g/mol. The number of aromatic nitrogens is 1. The van der Waals surface area contributed by atoms with Crippen molar-refractivity contribution < 1.29 is 9.59 Å². The Morgan fingerprint density at radius 3 is 2.55 bits per heavy atom. The second-order valence-corrected chi connectivity index (χ2v) is 9.15. The Labute approximate surface area is 186 Å². The fourth-order valence-corrected chi connectivity index (χ4v) is 4.84. The van der Waals surface area contributed by atoms with Crippen LogP contribution in [0.4, 0.5) is 0 Å². The molecule has 3 aromatic rings. The van der Waals surface area contributed by atoms with Gasteiger partial charge in [0.25, 0.3) is 0 Å². The number of nitrogens with one attached hydrogen (secondary N) is 2. The lowest BCUT2D eigenvalue weighted by molar-refractivity contribution is -0.123. The molecule has 160 valence electrons. The molecule has 2 N–H and O–H groups in total. The number of carbonyl (C=O) groups is 2. The normalized spacial score (nSPS) is 19.1. The van der Waals surface area contributed by atoms with Gasteiger partial charge < -0.3 is 10.6 Å². The maximum absolute atomic E-state index is 12.5. The predicted octanol–water partition coefficient (Wildman–Crippen LogP) is 4.66. The summed E-state index contributed by atoms with van der Waals surface area (Å²) in [5, 5.41) is 9.00. The summed E-state index contributed by atoms with van der Waals surface area (Å²) in [4.78, 5) is 28.8. The van der Waals surface area contributed by atoms with Crippen LogP contribution in [0.15, 0.2) is 66.2 Å². The van der Waals surface area contributed by atoms with Crippen molar-refractivity contribution in [2.24, 2.45) is 0 Å². The average Bonchev–Trinajstić information content (AvgIpc) is 3.44. The summed E-state index contributed by atoms with van der Waals surface area (Å²) >= 11 is 1.53. The third kappa shape index (κ3) is 5.39. The van der Waals surface area contributed by atoms with Crippen LogP contribution < -0.4 is 10.6 Å². The van der Waals surface area contributed by atoms with Crippen molar-refractivity contribution in [1.29, 1.82) is 0 Å². The van der Waals surface area contributed by atoms with E-state index in [1.165, 1.54) is 28.0 Å². The zero-order valence-corrected chi connectivity index (χ0v) is 18.5. The maximum Gasteiger partial charge on any atom is 0.220 e. The molecule has 0 unspecified atom stereocenters. The molecular formula is C25H27N3O2S. The van der Waals surface area contributed by atoms with Gasteiger partial charge in [-0.3, -0.25) is 9.59 Å². The summed E-state index contributed by atoms with van der Waals surface area (Å²) in [6.45, 7) is 1.94.